The minimum atomic E-state index is -1.33. The normalized spacial score (nSPS) is 17.4. The van der Waals surface area contributed by atoms with Crippen LogP contribution in [0.1, 0.15) is 24.0 Å². The predicted octanol–water partition coefficient (Wildman–Crippen LogP) is 5.05. The zero-order valence-electron chi connectivity index (χ0n) is 15.9. The van der Waals surface area contributed by atoms with Crippen molar-refractivity contribution in [2.45, 2.75) is 24.9 Å². The fraction of sp³-hybridized carbons (Fsp3) is 0.409. The van der Waals surface area contributed by atoms with Gasteiger partial charge in [0, 0.05) is 24.7 Å². The van der Waals surface area contributed by atoms with E-state index in [-0.39, 0.29) is 24.3 Å². The van der Waals surface area contributed by atoms with Crippen LogP contribution >= 0.6 is 24.0 Å². The van der Waals surface area contributed by atoms with Gasteiger partial charge in [-0.2, -0.15) is 0 Å². The first-order chi connectivity index (χ1) is 13.0. The average molecular weight is 426 g/mol. The van der Waals surface area contributed by atoms with Gasteiger partial charge in [-0.25, -0.2) is 4.39 Å². The number of alkyl halides is 1. The Bertz CT molecular complexity index is 747. The second-order valence-corrected chi connectivity index (χ2v) is 7.62. The first kappa shape index (κ1) is 22.7. The van der Waals surface area contributed by atoms with E-state index in [0.717, 1.165) is 5.56 Å². The number of halogens is 3. The molecule has 1 saturated heterocycles. The van der Waals surface area contributed by atoms with Crippen molar-refractivity contribution in [2.24, 2.45) is 5.92 Å². The molecule has 3 rings (SSSR count). The van der Waals surface area contributed by atoms with Crippen molar-refractivity contribution in [3.63, 3.8) is 0 Å². The first-order valence-electron chi connectivity index (χ1n) is 9.29. The van der Waals surface area contributed by atoms with E-state index in [1.807, 2.05) is 30.3 Å². The number of benzene rings is 2. The zero-order chi connectivity index (χ0) is 19.3. The van der Waals surface area contributed by atoms with E-state index in [0.29, 0.717) is 49.5 Å². The van der Waals surface area contributed by atoms with Gasteiger partial charge in [0.05, 0.1) is 13.0 Å². The summed E-state index contributed by atoms with van der Waals surface area (Å²) in [6, 6.07) is 16.9. The minimum absolute atomic E-state index is 0. The van der Waals surface area contributed by atoms with Gasteiger partial charge in [0.15, 0.2) is 0 Å². The summed E-state index contributed by atoms with van der Waals surface area (Å²) < 4.78 is 20.4. The van der Waals surface area contributed by atoms with E-state index in [1.54, 1.807) is 24.3 Å². The lowest BCUT2D eigenvalue weighted by atomic mass is 9.85. The minimum Gasteiger partial charge on any atom is -0.469 e. The van der Waals surface area contributed by atoms with Gasteiger partial charge in [-0.15, -0.1) is 12.4 Å². The highest BCUT2D eigenvalue weighted by Gasteiger charge is 2.37. The molecule has 1 unspecified atom stereocenters. The van der Waals surface area contributed by atoms with Gasteiger partial charge in [0.2, 0.25) is 0 Å². The molecule has 6 heteroatoms. The molecule has 152 valence electrons. The van der Waals surface area contributed by atoms with Crippen LogP contribution in [0.5, 0.6) is 0 Å². The maximum atomic E-state index is 15.4. The fourth-order valence-corrected chi connectivity index (χ4v) is 3.85. The van der Waals surface area contributed by atoms with E-state index in [4.69, 9.17) is 16.3 Å². The summed E-state index contributed by atoms with van der Waals surface area (Å²) in [6.45, 7) is 1.81. The number of methoxy groups -OCH3 is 1. The molecule has 0 amide bonds. The zero-order valence-corrected chi connectivity index (χ0v) is 17.5. The first-order valence-corrected chi connectivity index (χ1v) is 9.67. The SMILES string of the molecule is COC(=O)C(Cc1ccccc1)CN1CCC(F)(c2ccc(Cl)cc2)CC1.Cl. The third-order valence-corrected chi connectivity index (χ3v) is 5.60. The molecule has 1 aliphatic heterocycles. The van der Waals surface area contributed by atoms with Crippen molar-refractivity contribution in [3.05, 3.63) is 70.7 Å². The molecule has 0 N–H and O–H groups in total. The molecule has 0 spiro atoms. The molecular weight excluding hydrogens is 400 g/mol. The van der Waals surface area contributed by atoms with Crippen LogP contribution in [0.4, 0.5) is 4.39 Å². The summed E-state index contributed by atoms with van der Waals surface area (Å²) in [6.07, 6.45) is 1.45. The molecule has 1 heterocycles. The van der Waals surface area contributed by atoms with Gasteiger partial charge in [-0.3, -0.25) is 4.79 Å². The van der Waals surface area contributed by atoms with E-state index in [2.05, 4.69) is 4.90 Å². The predicted molar refractivity (Wildman–Crippen MR) is 113 cm³/mol. The van der Waals surface area contributed by atoms with E-state index >= 15 is 4.39 Å². The molecule has 0 aliphatic carbocycles. The van der Waals surface area contributed by atoms with E-state index in [9.17, 15) is 4.79 Å². The van der Waals surface area contributed by atoms with Crippen molar-refractivity contribution >= 4 is 30.0 Å². The van der Waals surface area contributed by atoms with Gasteiger partial charge in [-0.1, -0.05) is 54.1 Å². The summed E-state index contributed by atoms with van der Waals surface area (Å²) in [7, 11) is 1.42. The van der Waals surface area contributed by atoms with Gasteiger partial charge in [-0.05, 0) is 42.5 Å². The monoisotopic (exact) mass is 425 g/mol. The molecule has 0 bridgehead atoms. The molecule has 3 nitrogen and oxygen atoms in total. The summed E-state index contributed by atoms with van der Waals surface area (Å²) in [4.78, 5) is 14.4. The number of ether oxygens (including phenoxy) is 1. The number of carbonyl (C=O) groups is 1. The summed E-state index contributed by atoms with van der Waals surface area (Å²) >= 11 is 5.91. The number of esters is 1. The molecule has 0 saturated carbocycles. The third kappa shape index (κ3) is 5.69. The number of piperidine rings is 1. The Hall–Kier alpha value is -1.62. The molecule has 1 aliphatic rings. The molecular formula is C22H26Cl2FNO2. The van der Waals surface area contributed by atoms with Crippen molar-refractivity contribution in [2.75, 3.05) is 26.7 Å². The van der Waals surface area contributed by atoms with Gasteiger partial charge in [0.25, 0.3) is 0 Å². The Kier molecular flexibility index (Phi) is 8.29. The van der Waals surface area contributed by atoms with Crippen LogP contribution in [0, 0.1) is 5.92 Å². The maximum Gasteiger partial charge on any atom is 0.310 e. The van der Waals surface area contributed by atoms with Crippen molar-refractivity contribution in [1.82, 2.24) is 4.90 Å². The number of rotatable bonds is 6. The van der Waals surface area contributed by atoms with Crippen LogP contribution in [-0.4, -0.2) is 37.6 Å². The van der Waals surface area contributed by atoms with Crippen LogP contribution in [0.25, 0.3) is 0 Å². The Morgan fingerprint density at radius 2 is 1.75 bits per heavy atom. The van der Waals surface area contributed by atoms with E-state index < -0.39 is 5.67 Å². The van der Waals surface area contributed by atoms with Crippen molar-refractivity contribution < 1.29 is 13.9 Å². The standard InChI is InChI=1S/C22H25ClFNO2.ClH/c1-27-21(26)18(15-17-5-3-2-4-6-17)16-25-13-11-22(24,12-14-25)19-7-9-20(23)10-8-19;/h2-10,18H,11-16H2,1H3;1H. The highest BCUT2D eigenvalue weighted by atomic mass is 35.5. The molecule has 0 radical (unpaired) electrons. The van der Waals surface area contributed by atoms with Gasteiger partial charge >= 0.3 is 5.97 Å². The number of carbonyl (C=O) groups excluding carboxylic acids is 1. The highest BCUT2D eigenvalue weighted by Crippen LogP contribution is 2.37. The Labute approximate surface area is 177 Å². The lowest BCUT2D eigenvalue weighted by Gasteiger charge is -2.37. The third-order valence-electron chi connectivity index (χ3n) is 5.35. The van der Waals surface area contributed by atoms with Crippen LogP contribution in [0.3, 0.4) is 0 Å². The van der Waals surface area contributed by atoms with Crippen LogP contribution < -0.4 is 0 Å². The molecule has 2 aromatic carbocycles. The van der Waals surface area contributed by atoms with Gasteiger partial charge in [0.1, 0.15) is 5.67 Å². The summed E-state index contributed by atoms with van der Waals surface area (Å²) in [5.74, 6) is -0.464. The molecule has 0 aromatic heterocycles. The van der Waals surface area contributed by atoms with Gasteiger partial charge < -0.3 is 9.64 Å². The van der Waals surface area contributed by atoms with Crippen LogP contribution in [0.2, 0.25) is 5.02 Å². The summed E-state index contributed by atoms with van der Waals surface area (Å²) in [5.41, 5.74) is 0.452. The fourth-order valence-electron chi connectivity index (χ4n) is 3.73. The Morgan fingerprint density at radius 3 is 2.32 bits per heavy atom. The number of hydrogen-bond acceptors (Lipinski definition) is 3. The lowest BCUT2D eigenvalue weighted by Crippen LogP contribution is -2.44. The van der Waals surface area contributed by atoms with Crippen molar-refractivity contribution in [1.29, 1.82) is 0 Å². The molecule has 1 atom stereocenters. The maximum absolute atomic E-state index is 15.4. The van der Waals surface area contributed by atoms with Crippen LogP contribution in [0.15, 0.2) is 54.6 Å². The van der Waals surface area contributed by atoms with Crippen molar-refractivity contribution in [3.8, 4) is 0 Å². The topological polar surface area (TPSA) is 29.5 Å². The second kappa shape index (κ2) is 10.2. The quantitative estimate of drug-likeness (QED) is 0.606. The number of hydrogen-bond donors (Lipinski definition) is 0. The molecule has 28 heavy (non-hydrogen) atoms. The summed E-state index contributed by atoms with van der Waals surface area (Å²) in [5, 5.41) is 0.613. The Balaban J connectivity index is 0.00000280. The van der Waals surface area contributed by atoms with Crippen LogP contribution in [-0.2, 0) is 21.6 Å². The largest absolute Gasteiger partial charge is 0.469 e. The molecule has 2 aromatic rings. The average Bonchev–Trinajstić information content (AvgIpc) is 2.70. The Morgan fingerprint density at radius 1 is 1.14 bits per heavy atom. The highest BCUT2D eigenvalue weighted by molar-refractivity contribution is 6.30. The number of likely N-dealkylation sites (tertiary alicyclic amines) is 1. The number of nitrogens with zero attached hydrogens (tertiary/aromatic N) is 1. The lowest BCUT2D eigenvalue weighted by molar-refractivity contribution is -0.146. The second-order valence-electron chi connectivity index (χ2n) is 7.18. The van der Waals surface area contributed by atoms with E-state index in [1.165, 1.54) is 7.11 Å². The smallest absolute Gasteiger partial charge is 0.310 e. The molecule has 1 fully saturated rings.